The van der Waals surface area contributed by atoms with Gasteiger partial charge in [-0.25, -0.2) is 0 Å². The van der Waals surface area contributed by atoms with Crippen molar-refractivity contribution in [3.63, 3.8) is 0 Å². The third-order valence-corrected chi connectivity index (χ3v) is 6.80. The summed E-state index contributed by atoms with van der Waals surface area (Å²) in [5.41, 5.74) is 0.421. The Morgan fingerprint density at radius 2 is 1.83 bits per heavy atom. The molecule has 1 saturated carbocycles. The number of piperidine rings is 1. The molecule has 0 aromatic carbocycles. The molecule has 2 heterocycles. The lowest BCUT2D eigenvalue weighted by Crippen LogP contribution is -2.39. The fourth-order valence-corrected chi connectivity index (χ4v) is 4.96. The highest BCUT2D eigenvalue weighted by atomic mass is 16.7. The summed E-state index contributed by atoms with van der Waals surface area (Å²) in [5.74, 6) is 0.583. The van der Waals surface area contributed by atoms with Crippen molar-refractivity contribution in [2.45, 2.75) is 103 Å². The summed E-state index contributed by atoms with van der Waals surface area (Å²) in [5, 5.41) is 0. The van der Waals surface area contributed by atoms with Crippen LogP contribution in [0, 0.1) is 11.3 Å². The highest BCUT2D eigenvalue weighted by Gasteiger charge is 2.45. The normalized spacial score (nSPS) is 38.8. The molecule has 0 amide bonds. The van der Waals surface area contributed by atoms with Gasteiger partial charge >= 0.3 is 0 Å². The summed E-state index contributed by atoms with van der Waals surface area (Å²) in [6, 6.07) is 0.776. The van der Waals surface area contributed by atoms with Crippen LogP contribution >= 0.6 is 0 Å². The van der Waals surface area contributed by atoms with Crippen LogP contribution in [-0.2, 0) is 9.47 Å². The highest BCUT2D eigenvalue weighted by Crippen LogP contribution is 2.45. The zero-order chi connectivity index (χ0) is 17.2. The molecule has 3 nitrogen and oxygen atoms in total. The van der Waals surface area contributed by atoms with Gasteiger partial charge in [-0.05, 0) is 69.9 Å². The quantitative estimate of drug-likeness (QED) is 0.721. The molecular weight excluding hydrogens is 298 g/mol. The Hall–Kier alpha value is -0.120. The van der Waals surface area contributed by atoms with Crippen molar-refractivity contribution in [2.75, 3.05) is 19.7 Å². The van der Waals surface area contributed by atoms with E-state index in [9.17, 15) is 0 Å². The lowest BCUT2D eigenvalue weighted by atomic mass is 9.71. The molecule has 3 fully saturated rings. The van der Waals surface area contributed by atoms with Gasteiger partial charge in [-0.15, -0.1) is 0 Å². The predicted molar refractivity (Wildman–Crippen MR) is 99.1 cm³/mol. The minimum Gasteiger partial charge on any atom is -0.347 e. The van der Waals surface area contributed by atoms with Crippen LogP contribution in [0.15, 0.2) is 0 Å². The molecule has 1 spiro atoms. The molecule has 3 aliphatic rings. The molecule has 2 aliphatic heterocycles. The van der Waals surface area contributed by atoms with E-state index in [-0.39, 0.29) is 5.79 Å². The van der Waals surface area contributed by atoms with Gasteiger partial charge in [0.15, 0.2) is 5.79 Å². The van der Waals surface area contributed by atoms with Gasteiger partial charge in [0.1, 0.15) is 0 Å². The van der Waals surface area contributed by atoms with Crippen LogP contribution in [0.3, 0.4) is 0 Å². The van der Waals surface area contributed by atoms with Crippen LogP contribution in [0.4, 0.5) is 0 Å². The molecular formula is C21H39NO2. The van der Waals surface area contributed by atoms with Gasteiger partial charge in [-0.2, -0.15) is 0 Å². The van der Waals surface area contributed by atoms with Crippen molar-refractivity contribution in [1.82, 2.24) is 4.90 Å². The first kappa shape index (κ1) is 18.7. The maximum atomic E-state index is 6.43. The zero-order valence-electron chi connectivity index (χ0n) is 16.5. The Bertz CT molecular complexity index is 395. The molecule has 3 heteroatoms. The highest BCUT2D eigenvalue weighted by molar-refractivity contribution is 4.88. The van der Waals surface area contributed by atoms with Gasteiger partial charge in [-0.1, -0.05) is 27.2 Å². The molecule has 0 bridgehead atoms. The van der Waals surface area contributed by atoms with Crippen molar-refractivity contribution >= 4 is 0 Å². The van der Waals surface area contributed by atoms with Crippen LogP contribution in [0.5, 0.6) is 0 Å². The van der Waals surface area contributed by atoms with Crippen molar-refractivity contribution in [3.8, 4) is 0 Å². The molecule has 24 heavy (non-hydrogen) atoms. The zero-order valence-corrected chi connectivity index (χ0v) is 16.5. The fraction of sp³-hybridized carbons (Fsp3) is 1.00. The lowest BCUT2D eigenvalue weighted by molar-refractivity contribution is -0.197. The summed E-state index contributed by atoms with van der Waals surface area (Å²) in [4.78, 5) is 2.67. The number of nitrogens with zero attached hydrogens (tertiary/aromatic N) is 1. The predicted octanol–water partition coefficient (Wildman–Crippen LogP) is 4.99. The van der Waals surface area contributed by atoms with Gasteiger partial charge < -0.3 is 14.4 Å². The van der Waals surface area contributed by atoms with E-state index in [0.717, 1.165) is 37.8 Å². The first-order valence-corrected chi connectivity index (χ1v) is 10.4. The number of rotatable bonds is 4. The first-order valence-electron chi connectivity index (χ1n) is 10.4. The Labute approximate surface area is 149 Å². The Balaban J connectivity index is 1.38. The van der Waals surface area contributed by atoms with Gasteiger partial charge in [0.2, 0.25) is 0 Å². The van der Waals surface area contributed by atoms with E-state index in [0.29, 0.717) is 11.5 Å². The molecule has 0 radical (unpaired) electrons. The van der Waals surface area contributed by atoms with E-state index >= 15 is 0 Å². The monoisotopic (exact) mass is 337 g/mol. The van der Waals surface area contributed by atoms with Gasteiger partial charge in [0.25, 0.3) is 0 Å². The van der Waals surface area contributed by atoms with Crippen LogP contribution < -0.4 is 0 Å². The molecule has 1 aliphatic carbocycles. The average molecular weight is 338 g/mol. The van der Waals surface area contributed by atoms with Gasteiger partial charge in [-0.3, -0.25) is 0 Å². The topological polar surface area (TPSA) is 21.7 Å². The Morgan fingerprint density at radius 3 is 2.50 bits per heavy atom. The molecule has 140 valence electrons. The van der Waals surface area contributed by atoms with Gasteiger partial charge in [0, 0.05) is 18.9 Å². The smallest absolute Gasteiger partial charge is 0.168 e. The SMILES string of the molecule is CC1CCCCN1CCCC1COC2(CCC(C(C)(C)C)CC2)O1. The third kappa shape index (κ3) is 4.53. The number of hydrogen-bond acceptors (Lipinski definition) is 3. The summed E-state index contributed by atoms with van der Waals surface area (Å²) >= 11 is 0. The second-order valence-electron chi connectivity index (χ2n) is 9.62. The molecule has 0 aromatic rings. The van der Waals surface area contributed by atoms with E-state index < -0.39 is 0 Å². The minimum atomic E-state index is -0.231. The van der Waals surface area contributed by atoms with E-state index in [4.69, 9.17) is 9.47 Å². The van der Waals surface area contributed by atoms with Crippen LogP contribution in [-0.4, -0.2) is 42.5 Å². The molecule has 0 aromatic heterocycles. The second-order valence-corrected chi connectivity index (χ2v) is 9.62. The summed E-state index contributed by atoms with van der Waals surface area (Å²) in [6.45, 7) is 12.8. The van der Waals surface area contributed by atoms with E-state index in [1.807, 2.05) is 0 Å². The number of hydrogen-bond donors (Lipinski definition) is 0. The maximum Gasteiger partial charge on any atom is 0.168 e. The summed E-state index contributed by atoms with van der Waals surface area (Å²) < 4.78 is 12.6. The van der Waals surface area contributed by atoms with Crippen molar-refractivity contribution in [1.29, 1.82) is 0 Å². The molecule has 0 N–H and O–H groups in total. The van der Waals surface area contributed by atoms with Crippen molar-refractivity contribution in [3.05, 3.63) is 0 Å². The second kappa shape index (κ2) is 7.63. The average Bonchev–Trinajstić information content (AvgIpc) is 2.91. The Kier molecular flexibility index (Phi) is 5.94. The van der Waals surface area contributed by atoms with Crippen molar-refractivity contribution in [2.24, 2.45) is 11.3 Å². The molecule has 2 saturated heterocycles. The summed E-state index contributed by atoms with van der Waals surface area (Å²) in [7, 11) is 0. The van der Waals surface area contributed by atoms with E-state index in [2.05, 4.69) is 32.6 Å². The van der Waals surface area contributed by atoms with E-state index in [1.54, 1.807) is 0 Å². The number of likely N-dealkylation sites (tertiary alicyclic amines) is 1. The maximum absolute atomic E-state index is 6.43. The van der Waals surface area contributed by atoms with Crippen LogP contribution in [0.1, 0.15) is 85.5 Å². The molecule has 2 unspecified atom stereocenters. The Morgan fingerprint density at radius 1 is 1.08 bits per heavy atom. The van der Waals surface area contributed by atoms with E-state index in [1.165, 1.54) is 51.6 Å². The van der Waals surface area contributed by atoms with Crippen LogP contribution in [0.2, 0.25) is 0 Å². The minimum absolute atomic E-state index is 0.231. The fourth-order valence-electron chi connectivity index (χ4n) is 4.96. The third-order valence-electron chi connectivity index (χ3n) is 6.80. The van der Waals surface area contributed by atoms with Crippen LogP contribution in [0.25, 0.3) is 0 Å². The largest absolute Gasteiger partial charge is 0.347 e. The molecule has 3 rings (SSSR count). The first-order chi connectivity index (χ1) is 11.4. The van der Waals surface area contributed by atoms with Crippen molar-refractivity contribution < 1.29 is 9.47 Å². The molecule has 2 atom stereocenters. The summed E-state index contributed by atoms with van der Waals surface area (Å²) in [6.07, 6.45) is 11.6. The standard InChI is InChI=1S/C21H39NO2/c1-17-8-5-6-14-22(17)15-7-9-19-16-23-21(24-19)12-10-18(11-13-21)20(2,3)4/h17-19H,5-16H2,1-4H3. The number of ether oxygens (including phenoxy) is 2. The van der Waals surface area contributed by atoms with Gasteiger partial charge in [0.05, 0.1) is 12.7 Å². The lowest BCUT2D eigenvalue weighted by Gasteiger charge is -2.41.